The number of likely N-dealkylation sites (N-methyl/N-ethyl adjacent to an activating group) is 1. The summed E-state index contributed by atoms with van der Waals surface area (Å²) >= 11 is 1.12. The fourth-order valence-electron chi connectivity index (χ4n) is 5.64. The molecule has 2 fully saturated rings. The molecule has 2 aromatic carbocycles. The van der Waals surface area contributed by atoms with Crippen molar-refractivity contribution in [1.82, 2.24) is 9.80 Å². The van der Waals surface area contributed by atoms with Crippen LogP contribution in [0.15, 0.2) is 42.5 Å². The summed E-state index contributed by atoms with van der Waals surface area (Å²) < 4.78 is 36.0. The molecule has 232 valence electrons. The van der Waals surface area contributed by atoms with E-state index in [0.717, 1.165) is 17.8 Å². The van der Waals surface area contributed by atoms with Gasteiger partial charge in [0.05, 0.1) is 22.6 Å². The molecule has 1 N–H and O–H groups in total. The van der Waals surface area contributed by atoms with E-state index in [2.05, 4.69) is 0 Å². The third kappa shape index (κ3) is 6.71. The maximum atomic E-state index is 15.7. The number of nitrogens with zero attached hydrogens (tertiary/aromatic N) is 4. The Morgan fingerprint density at radius 3 is 2.45 bits per heavy atom. The Bertz CT molecular complexity index is 1610. The quantitative estimate of drug-likeness (QED) is 0.360. The number of β-amino-alcohol motifs (C(OH)–C–C–N with tert-alkyl or cyclic N) is 1. The molecule has 0 saturated carbocycles. The molecule has 5 rings (SSSR count). The number of carbonyl (C=O) groups excluding carboxylic acids is 2. The first-order valence-corrected chi connectivity index (χ1v) is 15.5. The van der Waals surface area contributed by atoms with E-state index >= 15 is 4.39 Å². The van der Waals surface area contributed by atoms with Crippen molar-refractivity contribution >= 4 is 29.0 Å². The number of ether oxygens (including phenoxy) is 1. The van der Waals surface area contributed by atoms with Gasteiger partial charge in [-0.05, 0) is 82.0 Å². The molecule has 0 unspecified atom stereocenters. The molecule has 3 aromatic rings. The largest absolute Gasteiger partial charge is 0.444 e. The molecular formula is C33H36F2N4O4S. The Hall–Kier alpha value is -4.01. The van der Waals surface area contributed by atoms with Crippen molar-refractivity contribution in [1.29, 1.82) is 5.26 Å². The Morgan fingerprint density at radius 1 is 1.05 bits per heavy atom. The van der Waals surface area contributed by atoms with Crippen LogP contribution in [0, 0.1) is 23.0 Å². The lowest BCUT2D eigenvalue weighted by Gasteiger charge is -2.38. The Labute approximate surface area is 260 Å². The van der Waals surface area contributed by atoms with Gasteiger partial charge in [-0.1, -0.05) is 6.07 Å². The van der Waals surface area contributed by atoms with E-state index in [4.69, 9.17) is 4.74 Å². The van der Waals surface area contributed by atoms with Gasteiger partial charge < -0.3 is 24.5 Å². The summed E-state index contributed by atoms with van der Waals surface area (Å²) in [5.41, 5.74) is 1.05. The van der Waals surface area contributed by atoms with Gasteiger partial charge in [0.15, 0.2) is 0 Å². The summed E-state index contributed by atoms with van der Waals surface area (Å²) in [6, 6.07) is 12.3. The molecule has 1 aromatic heterocycles. The number of hydrogen-bond donors (Lipinski definition) is 1. The van der Waals surface area contributed by atoms with Crippen LogP contribution in [0.25, 0.3) is 21.6 Å². The number of anilines is 1. The second kappa shape index (κ2) is 12.5. The number of nitriles is 1. The van der Waals surface area contributed by atoms with Crippen molar-refractivity contribution < 1.29 is 28.2 Å². The molecule has 11 heteroatoms. The summed E-state index contributed by atoms with van der Waals surface area (Å²) in [5.74, 6) is -1.47. The van der Waals surface area contributed by atoms with E-state index in [1.165, 1.54) is 23.1 Å². The number of aliphatic hydroxyl groups excluding tert-OH is 1. The third-order valence-electron chi connectivity index (χ3n) is 7.98. The van der Waals surface area contributed by atoms with E-state index in [-0.39, 0.29) is 23.1 Å². The Kier molecular flexibility index (Phi) is 8.95. The van der Waals surface area contributed by atoms with Gasteiger partial charge in [-0.15, -0.1) is 11.3 Å². The number of likely N-dealkylation sites (tertiary alicyclic amines) is 1. The van der Waals surface area contributed by atoms with Crippen molar-refractivity contribution in [3.63, 3.8) is 0 Å². The summed E-state index contributed by atoms with van der Waals surface area (Å²) in [4.78, 5) is 32.5. The smallest absolute Gasteiger partial charge is 0.410 e. The molecule has 2 aliphatic rings. The third-order valence-corrected chi connectivity index (χ3v) is 9.14. The average molecular weight is 623 g/mol. The minimum atomic E-state index is -0.706. The second-order valence-electron chi connectivity index (χ2n) is 12.4. The van der Waals surface area contributed by atoms with Crippen LogP contribution in [0.2, 0.25) is 0 Å². The zero-order valence-corrected chi connectivity index (χ0v) is 26.1. The van der Waals surface area contributed by atoms with Gasteiger partial charge in [-0.3, -0.25) is 4.79 Å². The highest BCUT2D eigenvalue weighted by molar-refractivity contribution is 7.18. The number of benzene rings is 2. The van der Waals surface area contributed by atoms with Gasteiger partial charge in [-0.2, -0.15) is 5.26 Å². The fourth-order valence-corrected chi connectivity index (χ4v) is 6.81. The minimum Gasteiger partial charge on any atom is -0.444 e. The van der Waals surface area contributed by atoms with Gasteiger partial charge in [0.2, 0.25) is 0 Å². The van der Waals surface area contributed by atoms with Crippen LogP contribution in [-0.2, 0) is 4.74 Å². The maximum absolute atomic E-state index is 15.7. The number of rotatable bonds is 5. The number of aliphatic hydroxyl groups is 1. The summed E-state index contributed by atoms with van der Waals surface area (Å²) in [6.07, 6.45) is 1.11. The van der Waals surface area contributed by atoms with Crippen LogP contribution < -0.4 is 4.90 Å². The number of carbonyl (C=O) groups is 2. The molecule has 0 spiro atoms. The molecule has 0 radical (unpaired) electrons. The van der Waals surface area contributed by atoms with Gasteiger partial charge in [0.1, 0.15) is 23.3 Å². The minimum absolute atomic E-state index is 0.112. The van der Waals surface area contributed by atoms with Crippen LogP contribution in [0.1, 0.15) is 55.3 Å². The first-order chi connectivity index (χ1) is 20.8. The highest BCUT2D eigenvalue weighted by atomic mass is 32.1. The molecule has 0 aliphatic carbocycles. The van der Waals surface area contributed by atoms with Crippen LogP contribution in [0.4, 0.5) is 19.3 Å². The summed E-state index contributed by atoms with van der Waals surface area (Å²) in [5, 5.41) is 19.1. The summed E-state index contributed by atoms with van der Waals surface area (Å²) in [7, 11) is 1.67. The number of halogens is 2. The lowest BCUT2D eigenvalue weighted by molar-refractivity contribution is 0.0132. The maximum Gasteiger partial charge on any atom is 0.410 e. The predicted molar refractivity (Wildman–Crippen MR) is 166 cm³/mol. The second-order valence-corrected chi connectivity index (χ2v) is 13.4. The molecule has 0 bridgehead atoms. The average Bonchev–Trinajstić information content (AvgIpc) is 3.62. The highest BCUT2D eigenvalue weighted by Crippen LogP contribution is 2.42. The van der Waals surface area contributed by atoms with E-state index in [1.54, 1.807) is 57.0 Å². The van der Waals surface area contributed by atoms with Crippen molar-refractivity contribution in [3.8, 4) is 27.6 Å². The summed E-state index contributed by atoms with van der Waals surface area (Å²) in [6.45, 7) is 7.25. The molecule has 2 amide bonds. The van der Waals surface area contributed by atoms with Crippen LogP contribution in [-0.4, -0.2) is 77.9 Å². The molecule has 2 atom stereocenters. The first kappa shape index (κ1) is 31.4. The van der Waals surface area contributed by atoms with Crippen LogP contribution in [0.3, 0.4) is 0 Å². The van der Waals surface area contributed by atoms with Crippen LogP contribution in [0.5, 0.6) is 0 Å². The normalized spacial score (nSPS) is 18.7. The lowest BCUT2D eigenvalue weighted by Crippen LogP contribution is -2.51. The number of thiophene rings is 1. The van der Waals surface area contributed by atoms with E-state index < -0.39 is 29.4 Å². The van der Waals surface area contributed by atoms with E-state index in [0.29, 0.717) is 65.6 Å². The number of hydrogen-bond acceptors (Lipinski definition) is 7. The molecule has 2 saturated heterocycles. The zero-order valence-electron chi connectivity index (χ0n) is 25.3. The zero-order chi connectivity index (χ0) is 31.8. The van der Waals surface area contributed by atoms with E-state index in [1.807, 2.05) is 11.0 Å². The predicted octanol–water partition coefficient (Wildman–Crippen LogP) is 6.27. The molecule has 3 heterocycles. The Morgan fingerprint density at radius 2 is 1.82 bits per heavy atom. The number of piperidine rings is 1. The fraction of sp³-hybridized carbons (Fsp3) is 0.424. The van der Waals surface area contributed by atoms with Crippen molar-refractivity contribution in [2.24, 2.45) is 0 Å². The molecular weight excluding hydrogens is 586 g/mol. The van der Waals surface area contributed by atoms with Gasteiger partial charge in [0.25, 0.3) is 5.91 Å². The van der Waals surface area contributed by atoms with Crippen molar-refractivity contribution in [2.45, 2.75) is 57.8 Å². The SMILES string of the molecule is CN(C(=O)OC(C)(C)C)[C@@H]1CCCN(C(=O)c2cc(-c3ccc(C#N)c(F)c3)c(-c3ccc(N4CC[C@@H](O)C4)cc3F)s2)C1. The number of amides is 2. The van der Waals surface area contributed by atoms with Crippen molar-refractivity contribution in [3.05, 3.63) is 64.5 Å². The van der Waals surface area contributed by atoms with Crippen LogP contribution >= 0.6 is 11.3 Å². The highest BCUT2D eigenvalue weighted by Gasteiger charge is 2.32. The molecule has 2 aliphatic heterocycles. The standard InChI is InChI=1S/C33H36F2N4O4S/c1-33(2,3)43-32(42)37(4)23-6-5-12-39(18-23)31(41)29-16-26(20-7-8-21(17-36)27(34)14-20)30(44-29)25-10-9-22(15-28(25)35)38-13-11-24(40)19-38/h7-10,14-16,23-24,40H,5-6,11-13,18-19H2,1-4H3/t23-,24-/m1/s1. The monoisotopic (exact) mass is 622 g/mol. The molecule has 44 heavy (non-hydrogen) atoms. The lowest BCUT2D eigenvalue weighted by atomic mass is 10.00. The van der Waals surface area contributed by atoms with Gasteiger partial charge in [0, 0.05) is 54.9 Å². The van der Waals surface area contributed by atoms with Gasteiger partial charge >= 0.3 is 6.09 Å². The van der Waals surface area contributed by atoms with E-state index in [9.17, 15) is 24.3 Å². The topological polar surface area (TPSA) is 97.1 Å². The Balaban J connectivity index is 1.47. The first-order valence-electron chi connectivity index (χ1n) is 14.7. The van der Waals surface area contributed by atoms with Gasteiger partial charge in [-0.25, -0.2) is 13.6 Å². The molecule has 8 nitrogen and oxygen atoms in total. The van der Waals surface area contributed by atoms with Crippen molar-refractivity contribution in [2.75, 3.05) is 38.1 Å².